The topological polar surface area (TPSA) is 99.2 Å². The van der Waals surface area contributed by atoms with Gasteiger partial charge in [-0.2, -0.15) is 10.2 Å². The average molecular weight is 422 g/mol. The molecule has 0 amide bonds. The molecule has 5 heterocycles. The third-order valence-electron chi connectivity index (χ3n) is 6.20. The van der Waals surface area contributed by atoms with Gasteiger partial charge in [0.1, 0.15) is 22.7 Å². The zero-order valence-electron chi connectivity index (χ0n) is 17.9. The van der Waals surface area contributed by atoms with Crippen molar-refractivity contribution in [3.8, 4) is 11.4 Å². The minimum absolute atomic E-state index is 0.0467. The Hall–Kier alpha value is -3.07. The summed E-state index contributed by atoms with van der Waals surface area (Å²) < 4.78 is 12.9. The molecule has 0 unspecified atom stereocenters. The molecule has 2 fully saturated rings. The Morgan fingerprint density at radius 2 is 2.00 bits per heavy atom. The minimum atomic E-state index is -0.165. The molecule has 0 atom stereocenters. The van der Waals surface area contributed by atoms with Crippen molar-refractivity contribution in [2.75, 3.05) is 24.6 Å². The molecule has 0 aliphatic carbocycles. The maximum absolute atomic E-state index is 12.8. The molecule has 0 aromatic carbocycles. The van der Waals surface area contributed by atoms with E-state index in [2.05, 4.69) is 25.4 Å². The Bertz CT molecular complexity index is 1120. The molecule has 2 saturated heterocycles. The van der Waals surface area contributed by atoms with E-state index in [-0.39, 0.29) is 17.7 Å². The molecule has 5 rings (SSSR count). The van der Waals surface area contributed by atoms with E-state index >= 15 is 0 Å². The SMILES string of the molecule is Cc1ccc(-c2noc(C)c2Cn2ncc(N3CC4(CCCCCO4)C3)cc2=O)nn1. The van der Waals surface area contributed by atoms with Gasteiger partial charge in [-0.3, -0.25) is 4.79 Å². The van der Waals surface area contributed by atoms with Gasteiger partial charge in [-0.1, -0.05) is 18.0 Å². The van der Waals surface area contributed by atoms with E-state index < -0.39 is 0 Å². The first kappa shape index (κ1) is 19.9. The molecule has 0 bridgehead atoms. The number of hydrogen-bond acceptors (Lipinski definition) is 8. The van der Waals surface area contributed by atoms with Crippen molar-refractivity contribution in [2.24, 2.45) is 0 Å². The Balaban J connectivity index is 1.33. The van der Waals surface area contributed by atoms with E-state index in [1.165, 1.54) is 17.5 Å². The highest BCUT2D eigenvalue weighted by Gasteiger charge is 2.44. The number of hydrogen-bond donors (Lipinski definition) is 0. The minimum Gasteiger partial charge on any atom is -0.371 e. The van der Waals surface area contributed by atoms with Crippen LogP contribution in [0.3, 0.4) is 0 Å². The molecule has 0 N–H and O–H groups in total. The average Bonchev–Trinajstić information content (AvgIpc) is 2.94. The zero-order valence-corrected chi connectivity index (χ0v) is 17.9. The maximum Gasteiger partial charge on any atom is 0.269 e. The van der Waals surface area contributed by atoms with Gasteiger partial charge in [0, 0.05) is 31.3 Å². The van der Waals surface area contributed by atoms with Gasteiger partial charge in [0.15, 0.2) is 0 Å². The van der Waals surface area contributed by atoms with Crippen LogP contribution in [0, 0.1) is 13.8 Å². The highest BCUT2D eigenvalue weighted by molar-refractivity contribution is 5.58. The Morgan fingerprint density at radius 1 is 1.13 bits per heavy atom. The number of aromatic nitrogens is 5. The van der Waals surface area contributed by atoms with Gasteiger partial charge in [0.2, 0.25) is 0 Å². The van der Waals surface area contributed by atoms with Crippen molar-refractivity contribution < 1.29 is 9.26 Å². The van der Waals surface area contributed by atoms with Gasteiger partial charge in [-0.25, -0.2) is 4.68 Å². The third kappa shape index (κ3) is 3.85. The summed E-state index contributed by atoms with van der Waals surface area (Å²) in [5.74, 6) is 0.630. The van der Waals surface area contributed by atoms with Crippen LogP contribution in [0.15, 0.2) is 33.7 Å². The highest BCUT2D eigenvalue weighted by Crippen LogP contribution is 2.35. The van der Waals surface area contributed by atoms with Gasteiger partial charge in [-0.15, -0.1) is 5.10 Å². The molecule has 9 heteroatoms. The van der Waals surface area contributed by atoms with Crippen molar-refractivity contribution in [1.82, 2.24) is 25.1 Å². The van der Waals surface area contributed by atoms with Crippen LogP contribution in [-0.4, -0.2) is 50.4 Å². The second-order valence-electron chi connectivity index (χ2n) is 8.53. The first-order valence-corrected chi connectivity index (χ1v) is 10.7. The molecule has 3 aromatic rings. The van der Waals surface area contributed by atoms with Gasteiger partial charge in [0.05, 0.1) is 24.1 Å². The molecule has 1 spiro atoms. The summed E-state index contributed by atoms with van der Waals surface area (Å²) in [7, 11) is 0. The second-order valence-corrected chi connectivity index (χ2v) is 8.53. The third-order valence-corrected chi connectivity index (χ3v) is 6.20. The highest BCUT2D eigenvalue weighted by atomic mass is 16.5. The number of rotatable bonds is 4. The van der Waals surface area contributed by atoms with E-state index in [0.717, 1.165) is 49.5 Å². The molecular formula is C22H26N6O3. The van der Waals surface area contributed by atoms with Gasteiger partial charge < -0.3 is 14.2 Å². The molecule has 2 aliphatic rings. The summed E-state index contributed by atoms with van der Waals surface area (Å²) >= 11 is 0. The van der Waals surface area contributed by atoms with Crippen LogP contribution in [-0.2, 0) is 11.3 Å². The fourth-order valence-corrected chi connectivity index (χ4v) is 4.34. The van der Waals surface area contributed by atoms with E-state index in [4.69, 9.17) is 9.26 Å². The first-order chi connectivity index (χ1) is 15.0. The van der Waals surface area contributed by atoms with Crippen LogP contribution < -0.4 is 10.5 Å². The van der Waals surface area contributed by atoms with Gasteiger partial charge >= 0.3 is 0 Å². The van der Waals surface area contributed by atoms with Crippen molar-refractivity contribution in [3.63, 3.8) is 0 Å². The maximum atomic E-state index is 12.8. The lowest BCUT2D eigenvalue weighted by molar-refractivity contribution is -0.0620. The van der Waals surface area contributed by atoms with Crippen molar-refractivity contribution in [3.05, 3.63) is 51.8 Å². The van der Waals surface area contributed by atoms with Crippen LogP contribution in [0.1, 0.15) is 42.7 Å². The van der Waals surface area contributed by atoms with E-state index in [1.807, 2.05) is 26.0 Å². The molecule has 3 aromatic heterocycles. The Labute approximate surface area is 180 Å². The Kier molecular flexibility index (Phi) is 5.05. The predicted molar refractivity (Wildman–Crippen MR) is 114 cm³/mol. The van der Waals surface area contributed by atoms with Gasteiger partial charge in [0.25, 0.3) is 5.56 Å². The van der Waals surface area contributed by atoms with E-state index in [9.17, 15) is 4.79 Å². The summed E-state index contributed by atoms with van der Waals surface area (Å²) in [4.78, 5) is 15.0. The summed E-state index contributed by atoms with van der Waals surface area (Å²) in [6.07, 6.45) is 6.42. The standard InChI is InChI=1S/C22H26N6O3/c1-15-6-7-19(25-24-15)21-18(16(2)31-26-21)12-28-20(29)10-17(11-23-28)27-13-22(14-27)8-4-3-5-9-30-22/h6-7,10-11H,3-5,8-9,12-14H2,1-2H3. The lowest BCUT2D eigenvalue weighted by atomic mass is 9.88. The fourth-order valence-electron chi connectivity index (χ4n) is 4.34. The second kappa shape index (κ2) is 7.88. The van der Waals surface area contributed by atoms with Crippen LogP contribution in [0.5, 0.6) is 0 Å². The van der Waals surface area contributed by atoms with Crippen LogP contribution in [0.25, 0.3) is 11.4 Å². The summed E-state index contributed by atoms with van der Waals surface area (Å²) in [6.45, 7) is 6.42. The number of ether oxygens (including phenoxy) is 1. The van der Waals surface area contributed by atoms with Crippen molar-refractivity contribution >= 4 is 5.69 Å². The molecule has 162 valence electrons. The fraction of sp³-hybridized carbons (Fsp3) is 0.500. The van der Waals surface area contributed by atoms with Gasteiger partial charge in [-0.05, 0) is 38.8 Å². The Morgan fingerprint density at radius 3 is 2.77 bits per heavy atom. The molecular weight excluding hydrogens is 396 g/mol. The molecule has 0 saturated carbocycles. The lowest BCUT2D eigenvalue weighted by Crippen LogP contribution is -2.63. The lowest BCUT2D eigenvalue weighted by Gasteiger charge is -2.50. The van der Waals surface area contributed by atoms with Crippen LogP contribution in [0.4, 0.5) is 5.69 Å². The van der Waals surface area contributed by atoms with E-state index in [0.29, 0.717) is 17.1 Å². The number of aryl methyl sites for hydroxylation is 2. The number of anilines is 1. The molecule has 2 aliphatic heterocycles. The van der Waals surface area contributed by atoms with Crippen molar-refractivity contribution in [1.29, 1.82) is 0 Å². The van der Waals surface area contributed by atoms with Crippen LogP contribution in [0.2, 0.25) is 0 Å². The summed E-state index contributed by atoms with van der Waals surface area (Å²) in [6, 6.07) is 5.36. The number of nitrogens with zero attached hydrogens (tertiary/aromatic N) is 6. The monoisotopic (exact) mass is 422 g/mol. The largest absolute Gasteiger partial charge is 0.371 e. The molecule has 0 radical (unpaired) electrons. The molecule has 9 nitrogen and oxygen atoms in total. The quantitative estimate of drug-likeness (QED) is 0.632. The summed E-state index contributed by atoms with van der Waals surface area (Å²) in [5.41, 5.74) is 3.41. The zero-order chi connectivity index (χ0) is 21.4. The summed E-state index contributed by atoms with van der Waals surface area (Å²) in [5, 5.41) is 16.8. The van der Waals surface area contributed by atoms with Crippen LogP contribution >= 0.6 is 0 Å². The van der Waals surface area contributed by atoms with Crippen molar-refractivity contribution in [2.45, 2.75) is 51.7 Å². The van der Waals surface area contributed by atoms with E-state index in [1.54, 1.807) is 12.3 Å². The normalized spacial score (nSPS) is 18.1. The smallest absolute Gasteiger partial charge is 0.269 e. The molecule has 31 heavy (non-hydrogen) atoms. The predicted octanol–water partition coefficient (Wildman–Crippen LogP) is 2.50. The first-order valence-electron chi connectivity index (χ1n) is 10.7.